The second-order valence-corrected chi connectivity index (χ2v) is 9.59. The normalized spacial score (nSPS) is 15.1. The molecule has 0 spiro atoms. The Kier molecular flexibility index (Phi) is 4.84. The molecule has 3 heterocycles. The number of para-hydroxylation sites is 1. The Hall–Kier alpha value is -3.48. The van der Waals surface area contributed by atoms with Gasteiger partial charge in [-0.2, -0.15) is 0 Å². The zero-order chi connectivity index (χ0) is 22.5. The third-order valence-electron chi connectivity index (χ3n) is 6.16. The standard InChI is InChI=1S/C25H28N6O/c1-16-11-12-18-15-19(24(32)26-20(18)14-16)22(23-27-28-29-31(23)25(2,3)4)30-13-7-9-17-8-5-6-10-21(17)30/h5-6,8,10-12,14-15,22H,7,9,13H2,1-4H3,(H,26,32). The summed E-state index contributed by atoms with van der Waals surface area (Å²) in [6.07, 6.45) is 2.03. The van der Waals surface area contributed by atoms with E-state index >= 15 is 0 Å². The minimum atomic E-state index is -0.403. The van der Waals surface area contributed by atoms with Gasteiger partial charge in [-0.25, -0.2) is 4.68 Å². The average molecular weight is 429 g/mol. The smallest absolute Gasteiger partial charge is 0.254 e. The van der Waals surface area contributed by atoms with Crippen LogP contribution in [0.2, 0.25) is 0 Å². The van der Waals surface area contributed by atoms with Crippen LogP contribution < -0.4 is 10.5 Å². The number of fused-ring (bicyclic) bond motifs is 2. The van der Waals surface area contributed by atoms with Gasteiger partial charge in [0.2, 0.25) is 0 Å². The van der Waals surface area contributed by atoms with Crippen LogP contribution in [0.15, 0.2) is 53.3 Å². The van der Waals surface area contributed by atoms with Crippen molar-refractivity contribution in [2.24, 2.45) is 0 Å². The highest BCUT2D eigenvalue weighted by Crippen LogP contribution is 2.37. The third kappa shape index (κ3) is 3.47. The van der Waals surface area contributed by atoms with Crippen molar-refractivity contribution in [1.82, 2.24) is 25.2 Å². The predicted octanol–water partition coefficient (Wildman–Crippen LogP) is 4.12. The number of aryl methyl sites for hydroxylation is 2. The van der Waals surface area contributed by atoms with Gasteiger partial charge in [-0.05, 0) is 85.7 Å². The molecule has 4 aromatic rings. The zero-order valence-electron chi connectivity index (χ0n) is 19.0. The lowest BCUT2D eigenvalue weighted by Crippen LogP contribution is -2.40. The van der Waals surface area contributed by atoms with E-state index in [4.69, 9.17) is 0 Å². The molecular weight excluding hydrogens is 400 g/mol. The number of H-pyrrole nitrogens is 1. The molecule has 2 aromatic heterocycles. The molecule has 0 radical (unpaired) electrons. The van der Waals surface area contributed by atoms with Crippen molar-refractivity contribution >= 4 is 16.6 Å². The second-order valence-electron chi connectivity index (χ2n) is 9.59. The number of hydrogen-bond acceptors (Lipinski definition) is 5. The van der Waals surface area contributed by atoms with Crippen molar-refractivity contribution in [2.75, 3.05) is 11.4 Å². The van der Waals surface area contributed by atoms with E-state index in [1.165, 1.54) is 5.56 Å². The third-order valence-corrected chi connectivity index (χ3v) is 6.16. The molecule has 5 rings (SSSR count). The van der Waals surface area contributed by atoms with Gasteiger partial charge in [0.05, 0.1) is 5.54 Å². The molecule has 1 aliphatic heterocycles. The Morgan fingerprint density at radius 1 is 1.09 bits per heavy atom. The van der Waals surface area contributed by atoms with Crippen LogP contribution in [0, 0.1) is 6.92 Å². The molecule has 1 unspecified atom stereocenters. The van der Waals surface area contributed by atoms with E-state index in [9.17, 15) is 4.79 Å². The van der Waals surface area contributed by atoms with E-state index < -0.39 is 6.04 Å². The largest absolute Gasteiger partial charge is 0.357 e. The predicted molar refractivity (Wildman–Crippen MR) is 126 cm³/mol. The van der Waals surface area contributed by atoms with Gasteiger partial charge in [-0.3, -0.25) is 4.79 Å². The number of tetrazole rings is 1. The topological polar surface area (TPSA) is 79.7 Å². The zero-order valence-corrected chi connectivity index (χ0v) is 19.0. The fourth-order valence-corrected chi connectivity index (χ4v) is 4.65. The van der Waals surface area contributed by atoms with Crippen LogP contribution in [0.5, 0.6) is 0 Å². The highest BCUT2D eigenvalue weighted by atomic mass is 16.1. The first-order valence-corrected chi connectivity index (χ1v) is 11.1. The van der Waals surface area contributed by atoms with Crippen LogP contribution in [0.3, 0.4) is 0 Å². The molecule has 32 heavy (non-hydrogen) atoms. The van der Waals surface area contributed by atoms with Crippen LogP contribution in [-0.2, 0) is 12.0 Å². The molecule has 7 heteroatoms. The first kappa shape index (κ1) is 20.4. The molecule has 1 N–H and O–H groups in total. The van der Waals surface area contributed by atoms with Crippen LogP contribution in [-0.4, -0.2) is 31.7 Å². The average Bonchev–Trinajstić information content (AvgIpc) is 3.25. The van der Waals surface area contributed by atoms with E-state index in [0.717, 1.165) is 41.5 Å². The Labute approximate surface area is 187 Å². The Morgan fingerprint density at radius 2 is 1.91 bits per heavy atom. The lowest BCUT2D eigenvalue weighted by atomic mass is 9.95. The maximum atomic E-state index is 13.4. The summed E-state index contributed by atoms with van der Waals surface area (Å²) in [6.45, 7) is 9.06. The molecule has 2 aromatic carbocycles. The summed E-state index contributed by atoms with van der Waals surface area (Å²) in [7, 11) is 0. The van der Waals surface area contributed by atoms with Crippen molar-refractivity contribution in [3.8, 4) is 0 Å². The van der Waals surface area contributed by atoms with Crippen LogP contribution in [0.25, 0.3) is 10.9 Å². The van der Waals surface area contributed by atoms with Gasteiger partial charge in [0.25, 0.3) is 5.56 Å². The van der Waals surface area contributed by atoms with Crippen molar-refractivity contribution in [3.63, 3.8) is 0 Å². The highest BCUT2D eigenvalue weighted by molar-refractivity contribution is 5.80. The number of aromatic amines is 1. The van der Waals surface area contributed by atoms with E-state index in [1.807, 2.05) is 29.8 Å². The van der Waals surface area contributed by atoms with E-state index in [2.05, 4.69) is 76.5 Å². The van der Waals surface area contributed by atoms with E-state index in [0.29, 0.717) is 11.4 Å². The van der Waals surface area contributed by atoms with Crippen molar-refractivity contribution in [3.05, 3.63) is 81.4 Å². The summed E-state index contributed by atoms with van der Waals surface area (Å²) in [5.41, 5.74) is 4.58. The first-order valence-electron chi connectivity index (χ1n) is 11.1. The summed E-state index contributed by atoms with van der Waals surface area (Å²) in [5.74, 6) is 0.672. The number of anilines is 1. The molecule has 0 saturated heterocycles. The lowest BCUT2D eigenvalue weighted by Gasteiger charge is -2.38. The number of nitrogens with one attached hydrogen (secondary N) is 1. The highest BCUT2D eigenvalue weighted by Gasteiger charge is 2.35. The number of benzene rings is 2. The number of nitrogens with zero attached hydrogens (tertiary/aromatic N) is 5. The summed E-state index contributed by atoms with van der Waals surface area (Å²) >= 11 is 0. The van der Waals surface area contributed by atoms with Crippen LogP contribution in [0.1, 0.15) is 55.7 Å². The molecule has 0 bridgehead atoms. The second kappa shape index (κ2) is 7.58. The van der Waals surface area contributed by atoms with Crippen LogP contribution in [0.4, 0.5) is 5.69 Å². The molecule has 0 saturated carbocycles. The van der Waals surface area contributed by atoms with Crippen LogP contribution >= 0.6 is 0 Å². The molecule has 7 nitrogen and oxygen atoms in total. The quantitative estimate of drug-likeness (QED) is 0.531. The fourth-order valence-electron chi connectivity index (χ4n) is 4.65. The lowest BCUT2D eigenvalue weighted by molar-refractivity contribution is 0.329. The van der Waals surface area contributed by atoms with Gasteiger partial charge in [0, 0.05) is 23.3 Å². The minimum Gasteiger partial charge on any atom is -0.357 e. The molecule has 1 aliphatic rings. The molecule has 0 fully saturated rings. The molecule has 0 amide bonds. The number of aromatic nitrogens is 5. The van der Waals surface area contributed by atoms with Gasteiger partial charge in [0.15, 0.2) is 5.82 Å². The summed E-state index contributed by atoms with van der Waals surface area (Å²) in [4.78, 5) is 18.8. The van der Waals surface area contributed by atoms with E-state index in [1.54, 1.807) is 0 Å². The van der Waals surface area contributed by atoms with E-state index in [-0.39, 0.29) is 11.1 Å². The van der Waals surface area contributed by atoms with Crippen molar-refractivity contribution in [2.45, 2.75) is 52.1 Å². The summed E-state index contributed by atoms with van der Waals surface area (Å²) < 4.78 is 1.84. The minimum absolute atomic E-state index is 0.111. The Balaban J connectivity index is 1.77. The number of pyridine rings is 1. The molecular formula is C25H28N6O. The first-order chi connectivity index (χ1) is 15.3. The SMILES string of the molecule is Cc1ccc2cc(C(c3nnnn3C(C)(C)C)N3CCCc4ccccc43)c(=O)[nH]c2c1. The van der Waals surface area contributed by atoms with Gasteiger partial charge in [0.1, 0.15) is 6.04 Å². The summed E-state index contributed by atoms with van der Waals surface area (Å²) in [5, 5.41) is 13.8. The number of rotatable bonds is 3. The monoisotopic (exact) mass is 428 g/mol. The molecule has 1 atom stereocenters. The van der Waals surface area contributed by atoms with Gasteiger partial charge in [-0.1, -0.05) is 30.3 Å². The van der Waals surface area contributed by atoms with Gasteiger partial charge in [-0.15, -0.1) is 5.10 Å². The summed E-state index contributed by atoms with van der Waals surface area (Å²) in [6, 6.07) is 16.1. The van der Waals surface area contributed by atoms with Gasteiger partial charge < -0.3 is 9.88 Å². The van der Waals surface area contributed by atoms with Crippen molar-refractivity contribution in [1.29, 1.82) is 0 Å². The maximum Gasteiger partial charge on any atom is 0.254 e. The fraction of sp³-hybridized carbons (Fsp3) is 0.360. The van der Waals surface area contributed by atoms with Gasteiger partial charge >= 0.3 is 0 Å². The Bertz CT molecular complexity index is 1350. The molecule has 0 aliphatic carbocycles. The van der Waals surface area contributed by atoms with Crippen molar-refractivity contribution < 1.29 is 0 Å². The Morgan fingerprint density at radius 3 is 2.72 bits per heavy atom. The maximum absolute atomic E-state index is 13.4. The molecule has 164 valence electrons. The number of hydrogen-bond donors (Lipinski definition) is 1.